The van der Waals surface area contributed by atoms with E-state index in [9.17, 15) is 0 Å². The fraction of sp³-hybridized carbons (Fsp3) is 0.556. The van der Waals surface area contributed by atoms with Gasteiger partial charge in [0.1, 0.15) is 11.9 Å². The summed E-state index contributed by atoms with van der Waals surface area (Å²) in [4.78, 5) is 0. The van der Waals surface area contributed by atoms with Crippen LogP contribution in [0.4, 0.5) is 0 Å². The third-order valence-corrected chi connectivity index (χ3v) is 3.83. The SMILES string of the molecule is CCCNC(CC)c1ccccc1OC1C=CCCC1. The van der Waals surface area contributed by atoms with Crippen LogP contribution in [0.2, 0.25) is 0 Å². The molecule has 2 rings (SSSR count). The van der Waals surface area contributed by atoms with Gasteiger partial charge in [-0.3, -0.25) is 0 Å². The van der Waals surface area contributed by atoms with E-state index >= 15 is 0 Å². The maximum Gasteiger partial charge on any atom is 0.124 e. The predicted octanol–water partition coefficient (Wildman–Crippen LogP) is 4.62. The number of hydrogen-bond donors (Lipinski definition) is 1. The van der Waals surface area contributed by atoms with Crippen molar-refractivity contribution in [3.05, 3.63) is 42.0 Å². The Hall–Kier alpha value is -1.28. The molecule has 1 aliphatic carbocycles. The van der Waals surface area contributed by atoms with E-state index in [4.69, 9.17) is 4.74 Å². The summed E-state index contributed by atoms with van der Waals surface area (Å²) in [7, 11) is 0. The molecule has 1 aliphatic rings. The molecule has 1 N–H and O–H groups in total. The van der Waals surface area contributed by atoms with Crippen molar-refractivity contribution >= 4 is 0 Å². The van der Waals surface area contributed by atoms with E-state index in [-0.39, 0.29) is 6.10 Å². The Bertz CT molecular complexity index is 427. The largest absolute Gasteiger partial charge is 0.486 e. The molecule has 0 fully saturated rings. The van der Waals surface area contributed by atoms with Crippen LogP contribution in [0.3, 0.4) is 0 Å². The molecule has 0 spiro atoms. The van der Waals surface area contributed by atoms with Gasteiger partial charge in [0, 0.05) is 11.6 Å². The van der Waals surface area contributed by atoms with Crippen molar-refractivity contribution in [2.24, 2.45) is 0 Å². The van der Waals surface area contributed by atoms with Crippen LogP contribution in [0.5, 0.6) is 5.75 Å². The number of para-hydroxylation sites is 1. The highest BCUT2D eigenvalue weighted by Gasteiger charge is 2.16. The summed E-state index contributed by atoms with van der Waals surface area (Å²) in [5, 5.41) is 3.62. The van der Waals surface area contributed by atoms with E-state index in [0.29, 0.717) is 6.04 Å². The lowest BCUT2D eigenvalue weighted by Crippen LogP contribution is -2.23. The summed E-state index contributed by atoms with van der Waals surface area (Å²) in [6, 6.07) is 8.86. The van der Waals surface area contributed by atoms with Crippen LogP contribution in [0.1, 0.15) is 57.6 Å². The van der Waals surface area contributed by atoms with Crippen molar-refractivity contribution in [3.63, 3.8) is 0 Å². The van der Waals surface area contributed by atoms with E-state index in [1.54, 1.807) is 0 Å². The maximum absolute atomic E-state index is 6.22. The molecule has 0 radical (unpaired) electrons. The van der Waals surface area contributed by atoms with Crippen LogP contribution in [-0.2, 0) is 0 Å². The molecule has 20 heavy (non-hydrogen) atoms. The Morgan fingerprint density at radius 1 is 1.30 bits per heavy atom. The monoisotopic (exact) mass is 273 g/mol. The van der Waals surface area contributed by atoms with Gasteiger partial charge in [0.2, 0.25) is 0 Å². The van der Waals surface area contributed by atoms with Gasteiger partial charge in [-0.05, 0) is 50.8 Å². The van der Waals surface area contributed by atoms with Crippen molar-refractivity contribution in [2.45, 2.75) is 58.1 Å². The highest BCUT2D eigenvalue weighted by molar-refractivity contribution is 5.36. The average molecular weight is 273 g/mol. The predicted molar refractivity (Wildman–Crippen MR) is 85.2 cm³/mol. The van der Waals surface area contributed by atoms with Crippen molar-refractivity contribution in [1.29, 1.82) is 0 Å². The third kappa shape index (κ3) is 4.11. The molecule has 0 amide bonds. The van der Waals surface area contributed by atoms with Crippen molar-refractivity contribution < 1.29 is 4.74 Å². The lowest BCUT2D eigenvalue weighted by Gasteiger charge is -2.24. The Balaban J connectivity index is 2.11. The van der Waals surface area contributed by atoms with Gasteiger partial charge in [-0.25, -0.2) is 0 Å². The highest BCUT2D eigenvalue weighted by Crippen LogP contribution is 2.29. The van der Waals surface area contributed by atoms with Gasteiger partial charge in [-0.1, -0.05) is 38.1 Å². The van der Waals surface area contributed by atoms with Crippen LogP contribution >= 0.6 is 0 Å². The molecule has 0 bridgehead atoms. The van der Waals surface area contributed by atoms with Gasteiger partial charge in [-0.2, -0.15) is 0 Å². The van der Waals surface area contributed by atoms with Gasteiger partial charge < -0.3 is 10.1 Å². The van der Waals surface area contributed by atoms with Crippen molar-refractivity contribution in [1.82, 2.24) is 5.32 Å². The summed E-state index contributed by atoms with van der Waals surface area (Å²) >= 11 is 0. The smallest absolute Gasteiger partial charge is 0.124 e. The van der Waals surface area contributed by atoms with E-state index in [2.05, 4.69) is 55.6 Å². The summed E-state index contributed by atoms with van der Waals surface area (Å²) in [5.41, 5.74) is 1.29. The Morgan fingerprint density at radius 3 is 2.85 bits per heavy atom. The standard InChI is InChI=1S/C18H27NO/c1-3-14-19-17(4-2)16-12-8-9-13-18(16)20-15-10-6-5-7-11-15/h6,8-10,12-13,15,17,19H,3-5,7,11,14H2,1-2H3. The number of allylic oxidation sites excluding steroid dienone is 1. The van der Waals surface area contributed by atoms with Gasteiger partial charge in [0.25, 0.3) is 0 Å². The van der Waals surface area contributed by atoms with Crippen LogP contribution < -0.4 is 10.1 Å². The molecule has 0 aromatic heterocycles. The zero-order valence-corrected chi connectivity index (χ0v) is 12.8. The first-order chi connectivity index (χ1) is 9.85. The topological polar surface area (TPSA) is 21.3 Å². The summed E-state index contributed by atoms with van der Waals surface area (Å²) in [6.07, 6.45) is 10.5. The molecule has 0 heterocycles. The number of ether oxygens (including phenoxy) is 1. The Labute approximate surface area is 123 Å². The molecule has 2 atom stereocenters. The van der Waals surface area contributed by atoms with Gasteiger partial charge in [0.15, 0.2) is 0 Å². The molecule has 0 aliphatic heterocycles. The lowest BCUT2D eigenvalue weighted by molar-refractivity contribution is 0.225. The van der Waals surface area contributed by atoms with Crippen LogP contribution in [-0.4, -0.2) is 12.6 Å². The minimum atomic E-state index is 0.244. The zero-order valence-electron chi connectivity index (χ0n) is 12.8. The third-order valence-electron chi connectivity index (χ3n) is 3.83. The second-order valence-corrected chi connectivity index (χ2v) is 5.47. The highest BCUT2D eigenvalue weighted by atomic mass is 16.5. The Kier molecular flexibility index (Phi) is 6.13. The normalized spacial score (nSPS) is 19.8. The molecular formula is C18H27NO. The number of rotatable bonds is 7. The van der Waals surface area contributed by atoms with E-state index in [1.807, 2.05) is 0 Å². The quantitative estimate of drug-likeness (QED) is 0.732. The number of benzene rings is 1. The van der Waals surface area contributed by atoms with Crippen molar-refractivity contribution in [3.8, 4) is 5.75 Å². The summed E-state index contributed by atoms with van der Waals surface area (Å²) < 4.78 is 6.22. The lowest BCUT2D eigenvalue weighted by atomic mass is 10.0. The Morgan fingerprint density at radius 2 is 2.15 bits per heavy atom. The van der Waals surface area contributed by atoms with E-state index in [1.165, 1.54) is 18.4 Å². The van der Waals surface area contributed by atoms with E-state index < -0.39 is 0 Å². The first kappa shape index (κ1) is 15.1. The molecule has 110 valence electrons. The molecule has 2 nitrogen and oxygen atoms in total. The van der Waals surface area contributed by atoms with Crippen molar-refractivity contribution in [2.75, 3.05) is 6.54 Å². The van der Waals surface area contributed by atoms with Crippen LogP contribution in [0.15, 0.2) is 36.4 Å². The van der Waals surface area contributed by atoms with Crippen LogP contribution in [0.25, 0.3) is 0 Å². The average Bonchev–Trinajstić information content (AvgIpc) is 2.50. The van der Waals surface area contributed by atoms with Gasteiger partial charge in [0.05, 0.1) is 0 Å². The number of hydrogen-bond acceptors (Lipinski definition) is 2. The fourth-order valence-electron chi connectivity index (χ4n) is 2.71. The molecule has 1 aromatic carbocycles. The van der Waals surface area contributed by atoms with E-state index in [0.717, 1.165) is 31.6 Å². The fourth-order valence-corrected chi connectivity index (χ4v) is 2.71. The second kappa shape index (κ2) is 8.11. The molecule has 2 unspecified atom stereocenters. The molecular weight excluding hydrogens is 246 g/mol. The van der Waals surface area contributed by atoms with Gasteiger partial charge >= 0.3 is 0 Å². The van der Waals surface area contributed by atoms with Crippen LogP contribution in [0, 0.1) is 0 Å². The van der Waals surface area contributed by atoms with Gasteiger partial charge in [-0.15, -0.1) is 0 Å². The summed E-state index contributed by atoms with van der Waals surface area (Å²) in [5.74, 6) is 1.04. The zero-order chi connectivity index (χ0) is 14.2. The molecule has 2 heteroatoms. The minimum Gasteiger partial charge on any atom is -0.486 e. The maximum atomic E-state index is 6.22. The molecule has 0 saturated carbocycles. The molecule has 1 aromatic rings. The molecule has 0 saturated heterocycles. The number of nitrogens with one attached hydrogen (secondary N) is 1. The summed E-state index contributed by atoms with van der Waals surface area (Å²) in [6.45, 7) is 5.48. The first-order valence-electron chi connectivity index (χ1n) is 8.00. The minimum absolute atomic E-state index is 0.244. The second-order valence-electron chi connectivity index (χ2n) is 5.47. The first-order valence-corrected chi connectivity index (χ1v) is 8.00.